The van der Waals surface area contributed by atoms with Gasteiger partial charge in [-0.1, -0.05) is 0 Å². The van der Waals surface area contributed by atoms with E-state index >= 15 is 0 Å². The van der Waals surface area contributed by atoms with Gasteiger partial charge in [0.25, 0.3) is 5.69 Å². The van der Waals surface area contributed by atoms with Gasteiger partial charge in [0.2, 0.25) is 11.8 Å². The number of halogens is 2. The van der Waals surface area contributed by atoms with Crippen molar-refractivity contribution in [3.05, 3.63) is 34.2 Å². The maximum absolute atomic E-state index is 13.9. The van der Waals surface area contributed by atoms with Crippen LogP contribution < -0.4 is 10.9 Å². The van der Waals surface area contributed by atoms with Crippen molar-refractivity contribution >= 4 is 28.5 Å². The average molecular weight is 398 g/mol. The van der Waals surface area contributed by atoms with E-state index in [-0.39, 0.29) is 24.4 Å². The first-order valence-corrected chi connectivity index (χ1v) is 9.91. The van der Waals surface area contributed by atoms with Crippen LogP contribution in [0.3, 0.4) is 0 Å². The molecule has 2 aliphatic rings. The van der Waals surface area contributed by atoms with Crippen LogP contribution in [0.2, 0.25) is 0 Å². The third-order valence-corrected chi connectivity index (χ3v) is 6.85. The Morgan fingerprint density at radius 3 is 2.96 bits per heavy atom. The normalized spacial score (nSPS) is 27.9. The van der Waals surface area contributed by atoms with Gasteiger partial charge in [0, 0.05) is 31.5 Å². The van der Waals surface area contributed by atoms with Crippen molar-refractivity contribution in [3.8, 4) is 0 Å². The van der Waals surface area contributed by atoms with Gasteiger partial charge in [-0.3, -0.25) is 15.5 Å². The van der Waals surface area contributed by atoms with Gasteiger partial charge < -0.3 is 4.42 Å². The molecule has 1 aromatic carbocycles. The second-order valence-electron chi connectivity index (χ2n) is 7.15. The second-order valence-corrected chi connectivity index (χ2v) is 8.45. The number of non-ortho nitro benzene ring substituents is 1. The van der Waals surface area contributed by atoms with Crippen molar-refractivity contribution in [1.82, 2.24) is 15.8 Å². The fourth-order valence-electron chi connectivity index (χ4n) is 3.95. The van der Waals surface area contributed by atoms with Crippen molar-refractivity contribution in [2.45, 2.75) is 48.7 Å². The van der Waals surface area contributed by atoms with Crippen LogP contribution in [0.5, 0.6) is 0 Å². The van der Waals surface area contributed by atoms with E-state index in [1.807, 2.05) is 0 Å². The molecule has 1 aliphatic carbocycles. The number of oxazole rings is 1. The van der Waals surface area contributed by atoms with Gasteiger partial charge in [-0.05, 0) is 31.2 Å². The van der Waals surface area contributed by atoms with E-state index in [9.17, 15) is 18.9 Å². The number of alkyl halides is 2. The number of benzene rings is 1. The van der Waals surface area contributed by atoms with Gasteiger partial charge in [0.1, 0.15) is 5.52 Å². The summed E-state index contributed by atoms with van der Waals surface area (Å²) in [5, 5.41) is 10.9. The molecule has 0 spiro atoms. The van der Waals surface area contributed by atoms with E-state index < -0.39 is 15.7 Å². The lowest BCUT2D eigenvalue weighted by molar-refractivity contribution is -0.384. The molecule has 4 rings (SSSR count). The number of nitro groups is 1. The minimum absolute atomic E-state index is 0.0401. The molecule has 10 heteroatoms. The third kappa shape index (κ3) is 3.78. The maximum Gasteiger partial charge on any atom is 0.271 e. The number of hydrogen-bond donors (Lipinski definition) is 2. The maximum atomic E-state index is 13.9. The lowest BCUT2D eigenvalue weighted by Crippen LogP contribution is -2.50. The van der Waals surface area contributed by atoms with Gasteiger partial charge in [0.05, 0.1) is 15.5 Å². The zero-order valence-corrected chi connectivity index (χ0v) is 15.4. The van der Waals surface area contributed by atoms with E-state index in [1.54, 1.807) is 0 Å². The summed E-state index contributed by atoms with van der Waals surface area (Å²) >= 11 is 1.52. The Morgan fingerprint density at radius 1 is 1.41 bits per heavy atom. The van der Waals surface area contributed by atoms with E-state index in [1.165, 1.54) is 30.0 Å². The number of hydrogen-bond acceptors (Lipinski definition) is 7. The number of hydrazine groups is 1. The summed E-state index contributed by atoms with van der Waals surface area (Å²) in [7, 11) is 0. The monoisotopic (exact) mass is 398 g/mol. The molecular formula is C17H20F2N4O3S. The molecule has 1 aliphatic heterocycles. The number of nitrogens with one attached hydrogen (secondary N) is 2. The van der Waals surface area contributed by atoms with Gasteiger partial charge in [-0.25, -0.2) is 19.2 Å². The molecule has 1 saturated heterocycles. The predicted octanol–water partition coefficient (Wildman–Crippen LogP) is 3.99. The van der Waals surface area contributed by atoms with Crippen LogP contribution in [0, 0.1) is 16.0 Å². The minimum atomic E-state index is -2.61. The van der Waals surface area contributed by atoms with Crippen LogP contribution in [-0.2, 0) is 5.75 Å². The Morgan fingerprint density at radius 2 is 2.26 bits per heavy atom. The summed E-state index contributed by atoms with van der Waals surface area (Å²) in [6.07, 6.45) is 1.87. The van der Waals surface area contributed by atoms with Crippen molar-refractivity contribution in [3.63, 3.8) is 0 Å². The zero-order chi connectivity index (χ0) is 19.1. The van der Waals surface area contributed by atoms with Crippen LogP contribution in [0.1, 0.15) is 38.0 Å². The third-order valence-electron chi connectivity index (χ3n) is 5.30. The summed E-state index contributed by atoms with van der Waals surface area (Å²) in [4.78, 5) is 14.3. The molecule has 0 amide bonds. The first-order valence-electron chi connectivity index (χ1n) is 8.93. The lowest BCUT2D eigenvalue weighted by Gasteiger charge is -2.41. The van der Waals surface area contributed by atoms with Crippen molar-refractivity contribution in [2.75, 3.05) is 6.54 Å². The predicted molar refractivity (Wildman–Crippen MR) is 97.3 cm³/mol. The second kappa shape index (κ2) is 6.99. The summed E-state index contributed by atoms with van der Waals surface area (Å²) in [5.74, 6) is -1.92. The number of fused-ring (bicyclic) bond motifs is 1. The van der Waals surface area contributed by atoms with Crippen LogP contribution in [-0.4, -0.2) is 27.2 Å². The molecule has 2 fully saturated rings. The summed E-state index contributed by atoms with van der Waals surface area (Å²) < 4.78 is 33.6. The highest BCUT2D eigenvalue weighted by molar-refractivity contribution is 7.99. The smallest absolute Gasteiger partial charge is 0.271 e. The van der Waals surface area contributed by atoms with Gasteiger partial charge >= 0.3 is 0 Å². The molecule has 2 N–H and O–H groups in total. The zero-order valence-electron chi connectivity index (χ0n) is 14.5. The number of nitro benzene ring substituents is 1. The Balaban J connectivity index is 1.51. The molecule has 0 radical (unpaired) electrons. The highest BCUT2D eigenvalue weighted by Crippen LogP contribution is 2.48. The van der Waals surface area contributed by atoms with E-state index in [0.717, 1.165) is 19.4 Å². The number of nitrogens with zero attached hydrogens (tertiary/aromatic N) is 2. The topological polar surface area (TPSA) is 93.2 Å². The van der Waals surface area contributed by atoms with Crippen LogP contribution >= 0.6 is 11.8 Å². The molecule has 2 heterocycles. The van der Waals surface area contributed by atoms with Crippen molar-refractivity contribution in [1.29, 1.82) is 0 Å². The molecule has 7 nitrogen and oxygen atoms in total. The molecule has 146 valence electrons. The molecule has 2 aromatic rings. The van der Waals surface area contributed by atoms with Gasteiger partial charge in [-0.15, -0.1) is 11.8 Å². The van der Waals surface area contributed by atoms with E-state index in [4.69, 9.17) is 4.42 Å². The fraction of sp³-hybridized carbons (Fsp3) is 0.588. The van der Waals surface area contributed by atoms with Crippen LogP contribution in [0.15, 0.2) is 22.6 Å². The Labute approximate surface area is 158 Å². The molecule has 2 atom stereocenters. The highest BCUT2D eigenvalue weighted by Gasteiger charge is 2.48. The molecule has 1 aromatic heterocycles. The Kier molecular flexibility index (Phi) is 4.81. The first kappa shape index (κ1) is 18.6. The van der Waals surface area contributed by atoms with Gasteiger partial charge in [0.15, 0.2) is 5.58 Å². The lowest BCUT2D eigenvalue weighted by atomic mass is 9.81. The molecule has 2 unspecified atom stereocenters. The van der Waals surface area contributed by atoms with Crippen LogP contribution in [0.25, 0.3) is 11.1 Å². The standard InChI is InChI=1S/C17H20F2N4O3S/c18-16(19)5-1-2-11(9-16)17(6-7-20-22-17)27-10-15-21-13-8-12(23(24)25)3-4-14(13)26-15/h3-4,8,11,20,22H,1-2,5-7,9-10H2. The largest absolute Gasteiger partial charge is 0.440 e. The minimum Gasteiger partial charge on any atom is -0.440 e. The molecule has 0 bridgehead atoms. The molecular weight excluding hydrogens is 378 g/mol. The summed E-state index contributed by atoms with van der Waals surface area (Å²) in [5.41, 5.74) is 7.17. The fourth-order valence-corrected chi connectivity index (χ4v) is 5.29. The number of rotatable bonds is 5. The Hall–Kier alpha value is -1.78. The van der Waals surface area contributed by atoms with E-state index in [0.29, 0.717) is 29.2 Å². The van der Waals surface area contributed by atoms with Crippen LogP contribution in [0.4, 0.5) is 14.5 Å². The quantitative estimate of drug-likeness (QED) is 0.581. The summed E-state index contributed by atoms with van der Waals surface area (Å²) in [6, 6.07) is 4.28. The summed E-state index contributed by atoms with van der Waals surface area (Å²) in [6.45, 7) is 0.717. The van der Waals surface area contributed by atoms with E-state index in [2.05, 4.69) is 15.8 Å². The molecule has 27 heavy (non-hydrogen) atoms. The first-order chi connectivity index (χ1) is 12.9. The van der Waals surface area contributed by atoms with Crippen molar-refractivity contribution < 1.29 is 18.1 Å². The number of thioether (sulfide) groups is 1. The Bertz CT molecular complexity index is 854. The van der Waals surface area contributed by atoms with Crippen molar-refractivity contribution in [2.24, 2.45) is 5.92 Å². The molecule has 1 saturated carbocycles. The van der Waals surface area contributed by atoms with Gasteiger partial charge in [-0.2, -0.15) is 0 Å². The SMILES string of the molecule is O=[N+]([O-])c1ccc2oc(CSC3(C4CCCC(F)(F)C4)CCNN3)nc2c1. The average Bonchev–Trinajstić information content (AvgIpc) is 3.25. The number of aromatic nitrogens is 1. The highest BCUT2D eigenvalue weighted by atomic mass is 32.2.